The highest BCUT2D eigenvalue weighted by atomic mass is 16.5. The van der Waals surface area contributed by atoms with E-state index in [4.69, 9.17) is 4.74 Å². The highest BCUT2D eigenvalue weighted by molar-refractivity contribution is 5.78. The molecule has 2 rings (SSSR count). The molecular formula is C18H19NO4. The maximum atomic E-state index is 11.6. The van der Waals surface area contributed by atoms with Crippen LogP contribution in [-0.2, 0) is 27.4 Å². The largest absolute Gasteiger partial charge is 0.489 e. The van der Waals surface area contributed by atoms with E-state index < -0.39 is 12.0 Å². The van der Waals surface area contributed by atoms with Gasteiger partial charge in [0.2, 0.25) is 6.41 Å². The molecule has 0 saturated carbocycles. The quantitative estimate of drug-likeness (QED) is 0.599. The fourth-order valence-electron chi connectivity index (χ4n) is 2.13. The van der Waals surface area contributed by atoms with Crippen LogP contribution in [0, 0.1) is 0 Å². The normalized spacial score (nSPS) is 11.3. The molecule has 1 atom stereocenters. The van der Waals surface area contributed by atoms with E-state index in [1.807, 2.05) is 54.6 Å². The zero-order chi connectivity index (χ0) is 16.5. The van der Waals surface area contributed by atoms with Crippen molar-refractivity contribution in [3.63, 3.8) is 0 Å². The highest BCUT2D eigenvalue weighted by Gasteiger charge is 2.18. The van der Waals surface area contributed by atoms with Crippen LogP contribution in [0.1, 0.15) is 11.1 Å². The summed E-state index contributed by atoms with van der Waals surface area (Å²) in [5.41, 5.74) is 2.00. The van der Waals surface area contributed by atoms with Gasteiger partial charge in [-0.1, -0.05) is 42.5 Å². The van der Waals surface area contributed by atoms with Crippen LogP contribution in [-0.4, -0.2) is 25.5 Å². The molecule has 120 valence electrons. The number of ether oxygens (including phenoxy) is 2. The SMILES string of the molecule is COC(=O)C(Cc1ccc(OCc2ccccc2)cc1)NC=O. The van der Waals surface area contributed by atoms with Crippen LogP contribution in [0.5, 0.6) is 5.75 Å². The third-order valence-electron chi connectivity index (χ3n) is 3.37. The highest BCUT2D eigenvalue weighted by Crippen LogP contribution is 2.15. The molecule has 0 radical (unpaired) electrons. The van der Waals surface area contributed by atoms with Crippen molar-refractivity contribution < 1.29 is 19.1 Å². The lowest BCUT2D eigenvalue weighted by molar-refractivity contribution is -0.144. The Bertz CT molecular complexity index is 625. The molecule has 5 heteroatoms. The van der Waals surface area contributed by atoms with Crippen LogP contribution in [0.4, 0.5) is 0 Å². The smallest absolute Gasteiger partial charge is 0.328 e. The second-order valence-electron chi connectivity index (χ2n) is 4.98. The number of benzene rings is 2. The summed E-state index contributed by atoms with van der Waals surface area (Å²) in [6.07, 6.45) is 0.864. The fourth-order valence-corrected chi connectivity index (χ4v) is 2.13. The van der Waals surface area contributed by atoms with Gasteiger partial charge in [-0.05, 0) is 23.3 Å². The van der Waals surface area contributed by atoms with Crippen LogP contribution >= 0.6 is 0 Å². The molecule has 0 saturated heterocycles. The molecule has 0 aliphatic carbocycles. The van der Waals surface area contributed by atoms with Crippen molar-refractivity contribution in [3.05, 3.63) is 65.7 Å². The Kier molecular flexibility index (Phi) is 6.17. The van der Waals surface area contributed by atoms with Gasteiger partial charge in [-0.15, -0.1) is 0 Å². The summed E-state index contributed by atoms with van der Waals surface area (Å²) in [5.74, 6) is 0.275. The van der Waals surface area contributed by atoms with Crippen LogP contribution in [0.2, 0.25) is 0 Å². The summed E-state index contributed by atoms with van der Waals surface area (Å²) in [4.78, 5) is 22.1. The molecule has 1 N–H and O–H groups in total. The van der Waals surface area contributed by atoms with Gasteiger partial charge in [0, 0.05) is 6.42 Å². The lowest BCUT2D eigenvalue weighted by Crippen LogP contribution is -2.38. The molecule has 0 fully saturated rings. The maximum Gasteiger partial charge on any atom is 0.328 e. The van der Waals surface area contributed by atoms with E-state index in [-0.39, 0.29) is 0 Å². The number of amides is 1. The average Bonchev–Trinajstić information content (AvgIpc) is 2.61. The Morgan fingerprint density at radius 3 is 2.39 bits per heavy atom. The molecule has 5 nitrogen and oxygen atoms in total. The van der Waals surface area contributed by atoms with Crippen LogP contribution < -0.4 is 10.1 Å². The predicted molar refractivity (Wildman–Crippen MR) is 85.9 cm³/mol. The van der Waals surface area contributed by atoms with Crippen molar-refractivity contribution >= 4 is 12.4 Å². The third kappa shape index (κ3) is 5.14. The van der Waals surface area contributed by atoms with E-state index in [0.717, 1.165) is 16.9 Å². The predicted octanol–water partition coefficient (Wildman–Crippen LogP) is 2.10. The van der Waals surface area contributed by atoms with E-state index in [2.05, 4.69) is 10.1 Å². The number of carbonyl (C=O) groups excluding carboxylic acids is 2. The van der Waals surface area contributed by atoms with E-state index in [9.17, 15) is 9.59 Å². The number of methoxy groups -OCH3 is 1. The van der Waals surface area contributed by atoms with Gasteiger partial charge in [0.15, 0.2) is 0 Å². The van der Waals surface area contributed by atoms with Gasteiger partial charge in [0.25, 0.3) is 0 Å². The molecule has 1 amide bonds. The first-order valence-corrected chi connectivity index (χ1v) is 7.26. The number of hydrogen-bond donors (Lipinski definition) is 1. The monoisotopic (exact) mass is 313 g/mol. The third-order valence-corrected chi connectivity index (χ3v) is 3.37. The summed E-state index contributed by atoms with van der Waals surface area (Å²) in [6, 6.07) is 16.6. The summed E-state index contributed by atoms with van der Waals surface area (Å²) >= 11 is 0. The zero-order valence-corrected chi connectivity index (χ0v) is 12.9. The minimum absolute atomic E-state index is 0.365. The Morgan fingerprint density at radius 1 is 1.09 bits per heavy atom. The van der Waals surface area contributed by atoms with Crippen molar-refractivity contribution in [3.8, 4) is 5.75 Å². The first kappa shape index (κ1) is 16.5. The molecular weight excluding hydrogens is 294 g/mol. The molecule has 2 aromatic carbocycles. The van der Waals surface area contributed by atoms with Crippen molar-refractivity contribution in [1.29, 1.82) is 0 Å². The van der Waals surface area contributed by atoms with Crippen LogP contribution in [0.25, 0.3) is 0 Å². The lowest BCUT2D eigenvalue weighted by atomic mass is 10.1. The van der Waals surface area contributed by atoms with Gasteiger partial charge in [0.05, 0.1) is 7.11 Å². The molecule has 0 heterocycles. The molecule has 1 unspecified atom stereocenters. The Balaban J connectivity index is 1.93. The van der Waals surface area contributed by atoms with Crippen molar-refractivity contribution in [2.45, 2.75) is 19.1 Å². The lowest BCUT2D eigenvalue weighted by Gasteiger charge is -2.14. The Hall–Kier alpha value is -2.82. The molecule has 0 bridgehead atoms. The van der Waals surface area contributed by atoms with Crippen molar-refractivity contribution in [2.24, 2.45) is 0 Å². The maximum absolute atomic E-state index is 11.6. The summed E-state index contributed by atoms with van der Waals surface area (Å²) in [7, 11) is 1.29. The molecule has 23 heavy (non-hydrogen) atoms. The fraction of sp³-hybridized carbons (Fsp3) is 0.222. The topological polar surface area (TPSA) is 64.6 Å². The van der Waals surface area contributed by atoms with Gasteiger partial charge in [0.1, 0.15) is 18.4 Å². The van der Waals surface area contributed by atoms with Crippen molar-refractivity contribution in [2.75, 3.05) is 7.11 Å². The molecule has 0 aromatic heterocycles. The minimum Gasteiger partial charge on any atom is -0.489 e. The number of rotatable bonds is 8. The number of carbonyl (C=O) groups is 2. The second-order valence-corrected chi connectivity index (χ2v) is 4.98. The summed E-state index contributed by atoms with van der Waals surface area (Å²) in [5, 5.41) is 2.46. The second kappa shape index (κ2) is 8.58. The van der Waals surface area contributed by atoms with Gasteiger partial charge in [-0.3, -0.25) is 4.79 Å². The molecule has 0 aliphatic heterocycles. The first-order valence-electron chi connectivity index (χ1n) is 7.26. The first-order chi connectivity index (χ1) is 11.2. The number of nitrogens with one attached hydrogen (secondary N) is 1. The van der Waals surface area contributed by atoms with E-state index in [1.165, 1.54) is 7.11 Å². The van der Waals surface area contributed by atoms with Gasteiger partial charge in [-0.2, -0.15) is 0 Å². The van der Waals surface area contributed by atoms with Gasteiger partial charge < -0.3 is 14.8 Å². The molecule has 0 aliphatic rings. The summed E-state index contributed by atoms with van der Waals surface area (Å²) < 4.78 is 10.4. The number of hydrogen-bond acceptors (Lipinski definition) is 4. The average molecular weight is 313 g/mol. The van der Waals surface area contributed by atoms with Gasteiger partial charge >= 0.3 is 5.97 Å². The van der Waals surface area contributed by atoms with Crippen molar-refractivity contribution in [1.82, 2.24) is 5.32 Å². The van der Waals surface area contributed by atoms with Gasteiger partial charge in [-0.25, -0.2) is 4.79 Å². The van der Waals surface area contributed by atoms with E-state index in [1.54, 1.807) is 0 Å². The molecule has 2 aromatic rings. The number of esters is 1. The molecule has 0 spiro atoms. The van der Waals surface area contributed by atoms with Crippen LogP contribution in [0.3, 0.4) is 0 Å². The Labute approximate surface area is 135 Å². The minimum atomic E-state index is -0.686. The van der Waals surface area contributed by atoms with E-state index in [0.29, 0.717) is 19.4 Å². The van der Waals surface area contributed by atoms with E-state index >= 15 is 0 Å². The summed E-state index contributed by atoms with van der Waals surface area (Å²) in [6.45, 7) is 0.498. The van der Waals surface area contributed by atoms with Crippen LogP contribution in [0.15, 0.2) is 54.6 Å². The Morgan fingerprint density at radius 2 is 1.78 bits per heavy atom. The zero-order valence-electron chi connectivity index (χ0n) is 12.9. The standard InChI is InChI=1S/C18H19NO4/c1-22-18(21)17(19-13-20)11-14-7-9-16(10-8-14)23-12-15-5-3-2-4-6-15/h2-10,13,17H,11-12H2,1H3,(H,19,20).